The fourth-order valence-corrected chi connectivity index (χ4v) is 3.03. The molecule has 1 amide bonds. The molecule has 2 nitrogen and oxygen atoms in total. The van der Waals surface area contributed by atoms with E-state index in [9.17, 15) is 4.79 Å². The maximum atomic E-state index is 12.3. The van der Waals surface area contributed by atoms with Gasteiger partial charge in [0, 0.05) is 10.7 Å². The van der Waals surface area contributed by atoms with Crippen LogP contribution in [-0.4, -0.2) is 5.91 Å². The van der Waals surface area contributed by atoms with Crippen molar-refractivity contribution in [3.05, 3.63) is 28.8 Å². The van der Waals surface area contributed by atoms with Crippen molar-refractivity contribution in [2.75, 3.05) is 5.32 Å². The maximum Gasteiger partial charge on any atom is 0.235 e. The molecule has 1 N–H and O–H groups in total. The second kappa shape index (κ2) is 4.69. The zero-order chi connectivity index (χ0) is 12.5. The summed E-state index contributed by atoms with van der Waals surface area (Å²) in [6.07, 6.45) is 3.78. The van der Waals surface area contributed by atoms with Crippen molar-refractivity contribution >= 4 is 23.2 Å². The molecule has 1 aliphatic heterocycles. The largest absolute Gasteiger partial charge is 0.325 e. The summed E-state index contributed by atoms with van der Waals surface area (Å²) in [6.45, 7) is 4.24. The van der Waals surface area contributed by atoms with Crippen LogP contribution >= 0.6 is 11.6 Å². The molecule has 0 radical (unpaired) electrons. The molecular formula is C14H18ClNO. The van der Waals surface area contributed by atoms with Crippen molar-refractivity contribution in [2.45, 2.75) is 44.9 Å². The first-order valence-corrected chi connectivity index (χ1v) is 6.63. The molecular weight excluding hydrogens is 234 g/mol. The van der Waals surface area contributed by atoms with E-state index in [1.807, 2.05) is 18.2 Å². The van der Waals surface area contributed by atoms with Gasteiger partial charge in [0.2, 0.25) is 5.91 Å². The van der Waals surface area contributed by atoms with Gasteiger partial charge < -0.3 is 5.32 Å². The van der Waals surface area contributed by atoms with Gasteiger partial charge in [0.05, 0.1) is 5.41 Å². The van der Waals surface area contributed by atoms with E-state index in [-0.39, 0.29) is 11.3 Å². The van der Waals surface area contributed by atoms with Gasteiger partial charge in [0.1, 0.15) is 0 Å². The van der Waals surface area contributed by atoms with E-state index in [0.29, 0.717) is 5.02 Å². The number of hydrogen-bond donors (Lipinski definition) is 1. The third kappa shape index (κ3) is 1.95. The van der Waals surface area contributed by atoms with Crippen LogP contribution in [0.2, 0.25) is 5.02 Å². The number of carbonyl (C=O) groups is 1. The van der Waals surface area contributed by atoms with E-state index in [1.54, 1.807) is 0 Å². The number of anilines is 1. The molecule has 0 saturated heterocycles. The molecule has 1 aliphatic rings. The van der Waals surface area contributed by atoms with Crippen molar-refractivity contribution in [2.24, 2.45) is 0 Å². The Kier molecular flexibility index (Phi) is 3.43. The summed E-state index contributed by atoms with van der Waals surface area (Å²) >= 11 is 6.06. The number of benzene rings is 1. The molecule has 0 saturated carbocycles. The highest BCUT2D eigenvalue weighted by atomic mass is 35.5. The molecule has 1 aromatic carbocycles. The first kappa shape index (κ1) is 12.4. The van der Waals surface area contributed by atoms with Gasteiger partial charge in [-0.05, 0) is 36.6 Å². The second-order valence-electron chi connectivity index (χ2n) is 4.73. The predicted octanol–water partition coefficient (Wildman–Crippen LogP) is 4.13. The van der Waals surface area contributed by atoms with Gasteiger partial charge in [-0.2, -0.15) is 0 Å². The zero-order valence-electron chi connectivity index (χ0n) is 10.3. The molecule has 1 aromatic rings. The lowest BCUT2D eigenvalue weighted by molar-refractivity contribution is -0.121. The fourth-order valence-electron chi connectivity index (χ4n) is 2.86. The topological polar surface area (TPSA) is 29.1 Å². The lowest BCUT2D eigenvalue weighted by Crippen LogP contribution is -2.34. The quantitative estimate of drug-likeness (QED) is 0.857. The van der Waals surface area contributed by atoms with Crippen molar-refractivity contribution in [3.8, 4) is 0 Å². The highest BCUT2D eigenvalue weighted by molar-refractivity contribution is 6.31. The number of carbonyl (C=O) groups excluding carboxylic acids is 1. The van der Waals surface area contributed by atoms with Crippen molar-refractivity contribution < 1.29 is 4.79 Å². The highest BCUT2D eigenvalue weighted by Crippen LogP contribution is 2.45. The molecule has 0 bridgehead atoms. The minimum absolute atomic E-state index is 0.137. The summed E-state index contributed by atoms with van der Waals surface area (Å²) < 4.78 is 0. The highest BCUT2D eigenvalue weighted by Gasteiger charge is 2.45. The Balaban J connectivity index is 2.52. The van der Waals surface area contributed by atoms with Gasteiger partial charge >= 0.3 is 0 Å². The molecule has 3 heteroatoms. The van der Waals surface area contributed by atoms with Crippen LogP contribution in [0, 0.1) is 0 Å². The summed E-state index contributed by atoms with van der Waals surface area (Å²) in [4.78, 5) is 12.3. The van der Waals surface area contributed by atoms with E-state index in [0.717, 1.165) is 36.9 Å². The molecule has 92 valence electrons. The van der Waals surface area contributed by atoms with Gasteiger partial charge in [0.15, 0.2) is 0 Å². The molecule has 1 heterocycles. The van der Waals surface area contributed by atoms with Crippen LogP contribution in [0.3, 0.4) is 0 Å². The molecule has 0 unspecified atom stereocenters. The van der Waals surface area contributed by atoms with Gasteiger partial charge in [-0.25, -0.2) is 0 Å². The summed E-state index contributed by atoms with van der Waals surface area (Å²) in [5, 5.41) is 3.69. The molecule has 0 aliphatic carbocycles. The number of fused-ring (bicyclic) bond motifs is 1. The summed E-state index contributed by atoms with van der Waals surface area (Å²) in [7, 11) is 0. The Morgan fingerprint density at radius 2 is 1.88 bits per heavy atom. The Morgan fingerprint density at radius 3 is 2.47 bits per heavy atom. The minimum atomic E-state index is -0.357. The maximum absolute atomic E-state index is 12.3. The number of amides is 1. The molecule has 2 rings (SSSR count). The van der Waals surface area contributed by atoms with Crippen LogP contribution in [0.15, 0.2) is 18.2 Å². The van der Waals surface area contributed by atoms with E-state index < -0.39 is 0 Å². The molecule has 0 fully saturated rings. The van der Waals surface area contributed by atoms with E-state index >= 15 is 0 Å². The van der Waals surface area contributed by atoms with Gasteiger partial charge in [0.25, 0.3) is 0 Å². The predicted molar refractivity (Wildman–Crippen MR) is 71.6 cm³/mol. The van der Waals surface area contributed by atoms with E-state index in [4.69, 9.17) is 11.6 Å². The van der Waals surface area contributed by atoms with Crippen LogP contribution in [0.25, 0.3) is 0 Å². The molecule has 0 aromatic heterocycles. The molecule has 17 heavy (non-hydrogen) atoms. The van der Waals surface area contributed by atoms with E-state index in [2.05, 4.69) is 19.2 Å². The normalized spacial score (nSPS) is 16.8. The average Bonchev–Trinajstić information content (AvgIpc) is 2.54. The van der Waals surface area contributed by atoms with Crippen LogP contribution < -0.4 is 5.32 Å². The number of halogens is 1. The van der Waals surface area contributed by atoms with Gasteiger partial charge in [-0.3, -0.25) is 4.79 Å². The Bertz CT molecular complexity index is 436. The first-order valence-electron chi connectivity index (χ1n) is 6.25. The van der Waals surface area contributed by atoms with Crippen molar-refractivity contribution in [1.82, 2.24) is 0 Å². The van der Waals surface area contributed by atoms with Crippen LogP contribution in [0.1, 0.15) is 45.1 Å². The molecule has 0 atom stereocenters. The second-order valence-corrected chi connectivity index (χ2v) is 5.16. The first-order chi connectivity index (χ1) is 8.14. The van der Waals surface area contributed by atoms with Crippen LogP contribution in [-0.2, 0) is 10.2 Å². The summed E-state index contributed by atoms with van der Waals surface area (Å²) in [5.41, 5.74) is 1.66. The van der Waals surface area contributed by atoms with E-state index in [1.165, 1.54) is 0 Å². The lowest BCUT2D eigenvalue weighted by atomic mass is 9.74. The summed E-state index contributed by atoms with van der Waals surface area (Å²) in [6, 6.07) is 5.68. The lowest BCUT2D eigenvalue weighted by Gasteiger charge is -2.26. The number of nitrogens with one attached hydrogen (secondary N) is 1. The zero-order valence-corrected chi connectivity index (χ0v) is 11.1. The fraction of sp³-hybridized carbons (Fsp3) is 0.500. The molecule has 0 spiro atoms. The SMILES string of the molecule is CCCC1(CCC)C(=O)Nc2ccc(Cl)cc21. The Morgan fingerprint density at radius 1 is 1.24 bits per heavy atom. The minimum Gasteiger partial charge on any atom is -0.325 e. The van der Waals surface area contributed by atoms with Crippen LogP contribution in [0.5, 0.6) is 0 Å². The average molecular weight is 252 g/mol. The number of hydrogen-bond acceptors (Lipinski definition) is 1. The van der Waals surface area contributed by atoms with Gasteiger partial charge in [-0.15, -0.1) is 0 Å². The third-order valence-corrected chi connectivity index (χ3v) is 3.77. The Hall–Kier alpha value is -1.02. The third-order valence-electron chi connectivity index (χ3n) is 3.53. The Labute approximate surface area is 107 Å². The smallest absolute Gasteiger partial charge is 0.235 e. The monoisotopic (exact) mass is 251 g/mol. The standard InChI is InChI=1S/C14H18ClNO/c1-3-7-14(8-4-2)11-9-10(15)5-6-12(11)16-13(14)17/h5-6,9H,3-4,7-8H2,1-2H3,(H,16,17). The van der Waals surface area contributed by atoms with Crippen molar-refractivity contribution in [1.29, 1.82) is 0 Å². The van der Waals surface area contributed by atoms with Crippen LogP contribution in [0.4, 0.5) is 5.69 Å². The number of rotatable bonds is 4. The summed E-state index contributed by atoms with van der Waals surface area (Å²) in [5.74, 6) is 0.137. The van der Waals surface area contributed by atoms with Gasteiger partial charge in [-0.1, -0.05) is 38.3 Å². The van der Waals surface area contributed by atoms with Crippen molar-refractivity contribution in [3.63, 3.8) is 0 Å².